The molecule has 1 aliphatic rings. The Hall–Kier alpha value is -1.56. The lowest BCUT2D eigenvalue weighted by Crippen LogP contribution is -1.82. The van der Waals surface area contributed by atoms with Gasteiger partial charge in [-0.2, -0.15) is 0 Å². The van der Waals surface area contributed by atoms with E-state index in [1.807, 2.05) is 13.8 Å². The van der Waals surface area contributed by atoms with Crippen LogP contribution in [0.15, 0.2) is 35.9 Å². The van der Waals surface area contributed by atoms with Crippen LogP contribution in [0, 0.1) is 11.5 Å². The Morgan fingerprint density at radius 2 is 2.23 bits per heavy atom. The summed E-state index contributed by atoms with van der Waals surface area (Å²) in [6, 6.07) is 0. The van der Waals surface area contributed by atoms with Crippen molar-refractivity contribution in [2.45, 2.75) is 20.3 Å². The molecular formula is C10H12FNO. The maximum absolute atomic E-state index is 12.6. The van der Waals surface area contributed by atoms with E-state index in [0.717, 1.165) is 0 Å². The van der Waals surface area contributed by atoms with Gasteiger partial charge >= 0.3 is 0 Å². The molecule has 0 aromatic carbocycles. The highest BCUT2D eigenvalue weighted by molar-refractivity contribution is 5.25. The van der Waals surface area contributed by atoms with Crippen molar-refractivity contribution in [3.05, 3.63) is 35.9 Å². The molecule has 0 saturated heterocycles. The summed E-state index contributed by atoms with van der Waals surface area (Å²) in [7, 11) is 0. The fourth-order valence-corrected chi connectivity index (χ4v) is 0.735. The first-order valence-electron chi connectivity index (χ1n) is 4.12. The molecule has 0 N–H and O–H groups in total. The lowest BCUT2D eigenvalue weighted by Gasteiger charge is -1.95. The van der Waals surface area contributed by atoms with Crippen LogP contribution in [0.1, 0.15) is 20.3 Å². The van der Waals surface area contributed by atoms with Crippen molar-refractivity contribution in [3.8, 4) is 6.26 Å². The van der Waals surface area contributed by atoms with Crippen molar-refractivity contribution in [3.63, 3.8) is 0 Å². The molecule has 0 aliphatic heterocycles. The van der Waals surface area contributed by atoms with Gasteiger partial charge in [0.2, 0.25) is 0 Å². The molecule has 0 fully saturated rings. The van der Waals surface area contributed by atoms with Crippen LogP contribution in [-0.2, 0) is 4.74 Å². The maximum Gasteiger partial charge on any atom is 0.291 e. The average molecular weight is 181 g/mol. The minimum atomic E-state index is -0.399. The molecular weight excluding hydrogens is 169 g/mol. The number of allylic oxidation sites excluding steroid dienone is 5. The molecule has 0 radical (unpaired) electrons. The van der Waals surface area contributed by atoms with E-state index in [9.17, 15) is 4.39 Å². The van der Waals surface area contributed by atoms with Gasteiger partial charge in [0.15, 0.2) is 0 Å². The molecule has 0 unspecified atom stereocenters. The van der Waals surface area contributed by atoms with Crippen LogP contribution in [-0.4, -0.2) is 0 Å². The molecule has 1 rings (SSSR count). The molecule has 3 heteroatoms. The summed E-state index contributed by atoms with van der Waals surface area (Å²) in [6.45, 7) is 4.00. The summed E-state index contributed by atoms with van der Waals surface area (Å²) in [6.07, 6.45) is 7.76. The van der Waals surface area contributed by atoms with Crippen molar-refractivity contribution in [2.24, 2.45) is 0 Å². The molecule has 0 spiro atoms. The van der Waals surface area contributed by atoms with Crippen LogP contribution in [0.4, 0.5) is 4.39 Å². The minimum absolute atomic E-state index is 0.329. The van der Waals surface area contributed by atoms with Gasteiger partial charge in [-0.25, -0.2) is 4.39 Å². The van der Waals surface area contributed by atoms with Gasteiger partial charge in [0.1, 0.15) is 11.6 Å². The van der Waals surface area contributed by atoms with Crippen LogP contribution < -0.4 is 0 Å². The Kier molecular flexibility index (Phi) is 6.26. The van der Waals surface area contributed by atoms with E-state index in [4.69, 9.17) is 5.26 Å². The van der Waals surface area contributed by atoms with Crippen molar-refractivity contribution in [1.82, 2.24) is 0 Å². The predicted molar refractivity (Wildman–Crippen MR) is 49.1 cm³/mol. The van der Waals surface area contributed by atoms with Crippen molar-refractivity contribution in [2.75, 3.05) is 0 Å². The normalized spacial score (nSPS) is 14.0. The third-order valence-corrected chi connectivity index (χ3v) is 1.19. The molecule has 0 atom stereocenters. The Balaban J connectivity index is 0.000000671. The number of rotatable bonds is 1. The molecule has 1 aliphatic carbocycles. The highest BCUT2D eigenvalue weighted by Crippen LogP contribution is 2.13. The van der Waals surface area contributed by atoms with E-state index in [0.29, 0.717) is 12.2 Å². The summed E-state index contributed by atoms with van der Waals surface area (Å²) >= 11 is 0. The molecule has 0 aromatic rings. The lowest BCUT2D eigenvalue weighted by molar-refractivity contribution is 0.364. The second-order valence-electron chi connectivity index (χ2n) is 1.99. The third kappa shape index (κ3) is 4.81. The standard InChI is InChI=1S/C8H6FNO.C2H6/c9-7-3-1-2-4-8(5-7)11-6-10;1-2/h1-3,5H,4H2;1-2H3. The molecule has 0 heterocycles. The molecule has 0 bridgehead atoms. The van der Waals surface area contributed by atoms with Crippen molar-refractivity contribution >= 4 is 0 Å². The number of nitrogens with zero attached hydrogens (tertiary/aromatic N) is 1. The van der Waals surface area contributed by atoms with Crippen LogP contribution >= 0.6 is 0 Å². The van der Waals surface area contributed by atoms with Gasteiger partial charge in [-0.05, 0) is 6.08 Å². The Bertz CT molecular complexity index is 271. The number of halogens is 1. The largest absolute Gasteiger partial charge is 0.392 e. The second kappa shape index (κ2) is 7.11. The van der Waals surface area contributed by atoms with Crippen LogP contribution in [0.2, 0.25) is 0 Å². The highest BCUT2D eigenvalue weighted by atomic mass is 19.1. The van der Waals surface area contributed by atoms with E-state index in [2.05, 4.69) is 4.74 Å². The zero-order valence-electron chi connectivity index (χ0n) is 7.75. The minimum Gasteiger partial charge on any atom is -0.392 e. The quantitative estimate of drug-likeness (QED) is 0.582. The van der Waals surface area contributed by atoms with Gasteiger partial charge in [-0.15, -0.1) is 5.26 Å². The summed E-state index contributed by atoms with van der Waals surface area (Å²) in [5.41, 5.74) is 0. The number of hydrogen-bond acceptors (Lipinski definition) is 2. The van der Waals surface area contributed by atoms with Gasteiger partial charge in [-0.3, -0.25) is 0 Å². The van der Waals surface area contributed by atoms with Gasteiger partial charge in [-0.1, -0.05) is 26.0 Å². The van der Waals surface area contributed by atoms with Gasteiger partial charge in [0.05, 0.1) is 0 Å². The Morgan fingerprint density at radius 3 is 2.85 bits per heavy atom. The van der Waals surface area contributed by atoms with E-state index in [1.54, 1.807) is 12.2 Å². The van der Waals surface area contributed by atoms with E-state index < -0.39 is 5.83 Å². The fourth-order valence-electron chi connectivity index (χ4n) is 0.735. The fraction of sp³-hybridized carbons (Fsp3) is 0.300. The average Bonchev–Trinajstić information content (AvgIpc) is 2.34. The molecule has 0 amide bonds. The van der Waals surface area contributed by atoms with E-state index in [1.165, 1.54) is 18.4 Å². The van der Waals surface area contributed by atoms with Crippen LogP contribution in [0.25, 0.3) is 0 Å². The lowest BCUT2D eigenvalue weighted by atomic mass is 10.3. The van der Waals surface area contributed by atoms with Crippen molar-refractivity contribution < 1.29 is 9.13 Å². The van der Waals surface area contributed by atoms with Gasteiger partial charge in [0.25, 0.3) is 6.26 Å². The maximum atomic E-state index is 12.6. The Morgan fingerprint density at radius 1 is 1.54 bits per heavy atom. The molecule has 13 heavy (non-hydrogen) atoms. The molecule has 0 aromatic heterocycles. The second-order valence-corrected chi connectivity index (χ2v) is 1.99. The van der Waals surface area contributed by atoms with E-state index >= 15 is 0 Å². The summed E-state index contributed by atoms with van der Waals surface area (Å²) < 4.78 is 17.0. The number of nitriles is 1. The topological polar surface area (TPSA) is 33.0 Å². The van der Waals surface area contributed by atoms with Crippen molar-refractivity contribution in [1.29, 1.82) is 5.26 Å². The van der Waals surface area contributed by atoms with E-state index in [-0.39, 0.29) is 0 Å². The zero-order chi connectivity index (χ0) is 10.1. The summed E-state index contributed by atoms with van der Waals surface area (Å²) in [5.74, 6) is -0.0704. The summed E-state index contributed by atoms with van der Waals surface area (Å²) in [5, 5.41) is 8.12. The monoisotopic (exact) mass is 181 g/mol. The number of hydrogen-bond donors (Lipinski definition) is 0. The number of ether oxygens (including phenoxy) is 1. The summed E-state index contributed by atoms with van der Waals surface area (Å²) in [4.78, 5) is 0. The van der Waals surface area contributed by atoms with Crippen LogP contribution in [0.5, 0.6) is 0 Å². The smallest absolute Gasteiger partial charge is 0.291 e. The van der Waals surface area contributed by atoms with Gasteiger partial charge in [0, 0.05) is 12.5 Å². The molecule has 0 saturated carbocycles. The van der Waals surface area contributed by atoms with Crippen LogP contribution in [0.3, 0.4) is 0 Å². The predicted octanol–water partition coefficient (Wildman–Crippen LogP) is 3.21. The third-order valence-electron chi connectivity index (χ3n) is 1.19. The highest BCUT2D eigenvalue weighted by Gasteiger charge is 2.00. The Labute approximate surface area is 77.6 Å². The first kappa shape index (κ1) is 11.4. The SMILES string of the molecule is CC.N#COC1=CC(F)=CC=CC1. The molecule has 70 valence electrons. The first-order valence-corrected chi connectivity index (χ1v) is 4.12. The molecule has 2 nitrogen and oxygen atoms in total. The van der Waals surface area contributed by atoms with Gasteiger partial charge < -0.3 is 4.74 Å². The zero-order valence-corrected chi connectivity index (χ0v) is 7.75. The first-order chi connectivity index (χ1) is 6.33.